The van der Waals surface area contributed by atoms with E-state index in [2.05, 4.69) is 44.2 Å². The van der Waals surface area contributed by atoms with E-state index in [-0.39, 0.29) is 7.43 Å². The molecule has 2 heterocycles. The van der Waals surface area contributed by atoms with Gasteiger partial charge in [0.05, 0.1) is 11.0 Å². The zero-order valence-electron chi connectivity index (χ0n) is 12.2. The standard InChI is InChI=1S/C12H8N2.C4H4.CH3.2ClH.Ru/c1-3-9-5-6-10-4-2-8-14-12(10)11(9)13-7-1;1-3-4-2;;;;/h1-8H;3H,1H3;1H3;2*1H;/q;;-1;;;+2/p-2. The van der Waals surface area contributed by atoms with Crippen molar-refractivity contribution in [1.82, 2.24) is 9.97 Å². The Labute approximate surface area is 143 Å². The first kappa shape index (κ1) is 18.7. The van der Waals surface area contributed by atoms with E-state index in [0.29, 0.717) is 0 Å². The topological polar surface area (TPSA) is 25.8 Å². The normalized spacial score (nSPS) is 9.68. The maximum absolute atomic E-state index is 5.37. The molecular formula is C17H15Cl2N2Ru-. The minimum atomic E-state index is -1.67. The Hall–Kier alpha value is -1.33. The van der Waals surface area contributed by atoms with Crippen molar-refractivity contribution >= 4 is 45.5 Å². The van der Waals surface area contributed by atoms with Crippen molar-refractivity contribution in [2.45, 2.75) is 6.92 Å². The molecule has 2 nitrogen and oxygen atoms in total. The third-order valence-corrected chi connectivity index (χ3v) is 3.98. The predicted molar refractivity (Wildman–Crippen MR) is 93.9 cm³/mol. The molecule has 5 heteroatoms. The molecule has 0 amide bonds. The summed E-state index contributed by atoms with van der Waals surface area (Å²) in [6.45, 7) is 1.85. The molecule has 0 bridgehead atoms. The second-order valence-electron chi connectivity index (χ2n) is 3.92. The fourth-order valence-electron chi connectivity index (χ4n) is 1.77. The predicted octanol–water partition coefficient (Wildman–Crippen LogP) is 5.28. The summed E-state index contributed by atoms with van der Waals surface area (Å²) in [7, 11) is 10.7. The van der Waals surface area contributed by atoms with E-state index in [0.717, 1.165) is 21.8 Å². The molecule has 0 radical (unpaired) electrons. The smallest absolute Gasteiger partial charge is 0.0964 e. The van der Waals surface area contributed by atoms with Crippen LogP contribution in [0.3, 0.4) is 0 Å². The van der Waals surface area contributed by atoms with Gasteiger partial charge in [0.25, 0.3) is 0 Å². The van der Waals surface area contributed by atoms with Crippen molar-refractivity contribution in [3.8, 4) is 0 Å². The van der Waals surface area contributed by atoms with Crippen molar-refractivity contribution in [2.75, 3.05) is 0 Å². The number of hydrogen-bond donors (Lipinski definition) is 0. The summed E-state index contributed by atoms with van der Waals surface area (Å²) in [6.07, 6.45) is 5.33. The van der Waals surface area contributed by atoms with Crippen LogP contribution in [0.25, 0.3) is 21.8 Å². The van der Waals surface area contributed by atoms with E-state index in [1.54, 1.807) is 18.5 Å². The van der Waals surface area contributed by atoms with E-state index >= 15 is 0 Å². The van der Waals surface area contributed by atoms with Gasteiger partial charge < -0.3 is 7.43 Å². The number of benzene rings is 1. The molecule has 3 aromatic rings. The Kier molecular flexibility index (Phi) is 8.21. The van der Waals surface area contributed by atoms with Crippen LogP contribution in [0.4, 0.5) is 0 Å². The van der Waals surface area contributed by atoms with Crippen LogP contribution in [-0.2, 0) is 13.5 Å². The fourth-order valence-corrected chi connectivity index (χ4v) is 2.67. The summed E-state index contributed by atoms with van der Waals surface area (Å²) in [5, 5.41) is 2.28. The van der Waals surface area contributed by atoms with Gasteiger partial charge in [0.2, 0.25) is 0 Å². The Morgan fingerprint density at radius 1 is 0.955 bits per heavy atom. The summed E-state index contributed by atoms with van der Waals surface area (Å²) < 4.78 is 2.66. The van der Waals surface area contributed by atoms with Crippen LogP contribution >= 0.6 is 19.4 Å². The molecule has 0 fully saturated rings. The largest absolute Gasteiger partial charge is 0.358 e. The summed E-state index contributed by atoms with van der Waals surface area (Å²) in [5.74, 6) is 0. The van der Waals surface area contributed by atoms with Crippen LogP contribution in [0.5, 0.6) is 0 Å². The maximum Gasteiger partial charge on any atom is 0.0964 e. The molecule has 2 aromatic heterocycles. The molecule has 1 aromatic carbocycles. The molecule has 22 heavy (non-hydrogen) atoms. The van der Waals surface area contributed by atoms with Crippen LogP contribution in [-0.4, -0.2) is 14.2 Å². The van der Waals surface area contributed by atoms with E-state index < -0.39 is 13.5 Å². The number of pyridine rings is 2. The summed E-state index contributed by atoms with van der Waals surface area (Å²) >= 11 is -1.67. The first-order valence-corrected chi connectivity index (χ1v) is 11.4. The van der Waals surface area contributed by atoms with Crippen molar-refractivity contribution in [3.63, 3.8) is 0 Å². The number of nitrogens with zero attached hydrogens (tertiary/aromatic N) is 2. The Bertz CT molecular complexity index is 806. The monoisotopic (exact) mass is 419 g/mol. The van der Waals surface area contributed by atoms with Crippen LogP contribution < -0.4 is 0 Å². The van der Waals surface area contributed by atoms with Crippen molar-refractivity contribution in [2.24, 2.45) is 0 Å². The van der Waals surface area contributed by atoms with Gasteiger partial charge in [-0.1, -0.05) is 24.3 Å². The van der Waals surface area contributed by atoms with Gasteiger partial charge in [0, 0.05) is 23.2 Å². The molecule has 0 saturated heterocycles. The second-order valence-corrected chi connectivity index (χ2v) is 9.23. The minimum Gasteiger partial charge on any atom is -0.358 e. The Morgan fingerprint density at radius 2 is 1.45 bits per heavy atom. The summed E-state index contributed by atoms with van der Waals surface area (Å²) in [5.41, 5.74) is 4.63. The van der Waals surface area contributed by atoms with Gasteiger partial charge in [-0.3, -0.25) is 9.97 Å². The average Bonchev–Trinajstić information content (AvgIpc) is 2.53. The van der Waals surface area contributed by atoms with Gasteiger partial charge in [0.15, 0.2) is 0 Å². The Balaban J connectivity index is 0.000000264. The SMILES string of the molecule is CC=C=[C]=[Ru]([Cl])[Cl].[CH3-].c1cnc2c(c1)ccc1cccnc12. The summed E-state index contributed by atoms with van der Waals surface area (Å²) in [4.78, 5) is 8.69. The van der Waals surface area contributed by atoms with Gasteiger partial charge >= 0.3 is 55.9 Å². The van der Waals surface area contributed by atoms with Crippen LogP contribution in [0.2, 0.25) is 0 Å². The van der Waals surface area contributed by atoms with Gasteiger partial charge in [0.1, 0.15) is 0 Å². The first-order valence-electron chi connectivity index (χ1n) is 6.10. The van der Waals surface area contributed by atoms with Crippen LogP contribution in [0, 0.1) is 7.43 Å². The molecule has 0 aliphatic carbocycles. The van der Waals surface area contributed by atoms with Crippen molar-refractivity contribution in [1.29, 1.82) is 0 Å². The van der Waals surface area contributed by atoms with E-state index in [1.165, 1.54) is 0 Å². The molecular weight excluding hydrogens is 404 g/mol. The van der Waals surface area contributed by atoms with Crippen LogP contribution in [0.1, 0.15) is 6.92 Å². The second kappa shape index (κ2) is 9.64. The zero-order valence-corrected chi connectivity index (χ0v) is 15.5. The quantitative estimate of drug-likeness (QED) is 0.215. The maximum atomic E-state index is 5.37. The molecule has 0 aliphatic heterocycles. The van der Waals surface area contributed by atoms with E-state index in [9.17, 15) is 0 Å². The van der Waals surface area contributed by atoms with Crippen molar-refractivity contribution < 1.29 is 13.5 Å². The number of rotatable bonds is 0. The minimum absolute atomic E-state index is 0. The van der Waals surface area contributed by atoms with E-state index in [1.807, 2.05) is 19.1 Å². The number of fused-ring (bicyclic) bond motifs is 3. The molecule has 0 spiro atoms. The van der Waals surface area contributed by atoms with Gasteiger partial charge in [-0.25, -0.2) is 0 Å². The third-order valence-electron chi connectivity index (χ3n) is 2.61. The van der Waals surface area contributed by atoms with Crippen LogP contribution in [0.15, 0.2) is 60.6 Å². The Morgan fingerprint density at radius 3 is 1.82 bits per heavy atom. The molecule has 0 atom stereocenters. The molecule has 3 rings (SSSR count). The van der Waals surface area contributed by atoms with Gasteiger partial charge in [-0.15, -0.1) is 0 Å². The number of halogens is 2. The molecule has 0 aliphatic rings. The molecule has 0 saturated carbocycles. The number of hydrogen-bond acceptors (Lipinski definition) is 2. The number of aromatic nitrogens is 2. The fraction of sp³-hybridized carbons (Fsp3) is 0.0588. The molecule has 0 unspecified atom stereocenters. The summed E-state index contributed by atoms with van der Waals surface area (Å²) in [6, 6.07) is 12.1. The van der Waals surface area contributed by atoms with Gasteiger partial charge in [-0.2, -0.15) is 0 Å². The van der Waals surface area contributed by atoms with E-state index in [4.69, 9.17) is 19.4 Å². The average molecular weight is 419 g/mol. The molecule has 116 valence electrons. The zero-order chi connectivity index (χ0) is 15.1. The third kappa shape index (κ3) is 5.14. The molecule has 0 N–H and O–H groups in total. The van der Waals surface area contributed by atoms with Gasteiger partial charge in [-0.05, 0) is 12.1 Å². The first-order chi connectivity index (χ1) is 10.2. The number of allylic oxidation sites excluding steroid dienone is 1. The van der Waals surface area contributed by atoms with Crippen molar-refractivity contribution in [3.05, 3.63) is 68.0 Å².